The fourth-order valence-electron chi connectivity index (χ4n) is 3.75. The molecule has 2 aliphatic heterocycles. The van der Waals surface area contributed by atoms with Crippen LogP contribution in [-0.2, 0) is 20.7 Å². The second kappa shape index (κ2) is 7.17. The zero-order valence-electron chi connectivity index (χ0n) is 13.5. The third-order valence-corrected chi connectivity index (χ3v) is 4.97. The van der Waals surface area contributed by atoms with E-state index in [1.54, 1.807) is 18.4 Å². The summed E-state index contributed by atoms with van der Waals surface area (Å²) in [4.78, 5) is 27.1. The number of furan rings is 1. The van der Waals surface area contributed by atoms with Gasteiger partial charge in [-0.05, 0) is 37.9 Å². The van der Waals surface area contributed by atoms with E-state index in [4.69, 9.17) is 9.15 Å². The topological polar surface area (TPSA) is 71.8 Å². The highest BCUT2D eigenvalue weighted by molar-refractivity contribution is 5.98. The molecular weight excluding hydrogens is 296 g/mol. The molecular formula is C17H24N2O4. The molecule has 3 heterocycles. The van der Waals surface area contributed by atoms with Crippen LogP contribution in [-0.4, -0.2) is 49.1 Å². The van der Waals surface area contributed by atoms with Crippen molar-refractivity contribution in [1.29, 1.82) is 0 Å². The number of carbonyl (C=O) groups excluding carboxylic acids is 2. The van der Waals surface area contributed by atoms with Gasteiger partial charge < -0.3 is 14.5 Å². The number of carbonyl (C=O) groups is 2. The Morgan fingerprint density at radius 1 is 1.39 bits per heavy atom. The van der Waals surface area contributed by atoms with E-state index in [1.807, 2.05) is 0 Å². The number of esters is 1. The Bertz CT molecular complexity index is 543. The minimum atomic E-state index is -0.858. The van der Waals surface area contributed by atoms with E-state index in [-0.39, 0.29) is 18.4 Å². The number of fused-ring (bicyclic) bond motifs is 1. The molecule has 2 aliphatic rings. The van der Waals surface area contributed by atoms with Crippen LogP contribution in [0.25, 0.3) is 0 Å². The van der Waals surface area contributed by atoms with E-state index >= 15 is 0 Å². The molecule has 2 saturated heterocycles. The molecule has 1 aromatic heterocycles. The van der Waals surface area contributed by atoms with Gasteiger partial charge >= 0.3 is 5.97 Å². The number of nitrogens with one attached hydrogen (secondary N) is 1. The van der Waals surface area contributed by atoms with Gasteiger partial charge in [0.2, 0.25) is 5.91 Å². The van der Waals surface area contributed by atoms with Crippen LogP contribution in [0.3, 0.4) is 0 Å². The van der Waals surface area contributed by atoms with Crippen LogP contribution in [0.1, 0.15) is 31.4 Å². The zero-order chi connectivity index (χ0) is 16.2. The summed E-state index contributed by atoms with van der Waals surface area (Å²) in [6, 6.07) is 4.06. The summed E-state index contributed by atoms with van der Waals surface area (Å²) in [7, 11) is 1.31. The first-order valence-electron chi connectivity index (χ1n) is 8.33. The molecule has 1 N–H and O–H groups in total. The van der Waals surface area contributed by atoms with Gasteiger partial charge in [0.05, 0.1) is 13.4 Å². The summed E-state index contributed by atoms with van der Waals surface area (Å²) in [6.45, 7) is 2.14. The Morgan fingerprint density at radius 3 is 3.00 bits per heavy atom. The van der Waals surface area contributed by atoms with Crippen molar-refractivity contribution in [3.63, 3.8) is 0 Å². The van der Waals surface area contributed by atoms with E-state index in [9.17, 15) is 9.59 Å². The SMILES string of the molecule is COC(=O)[C@H](Cc1ccco1)C(=O)N[C@@H]1CCN2CCCC[C@@H]12. The Hall–Kier alpha value is -1.82. The van der Waals surface area contributed by atoms with Crippen molar-refractivity contribution >= 4 is 11.9 Å². The zero-order valence-corrected chi connectivity index (χ0v) is 13.5. The van der Waals surface area contributed by atoms with E-state index < -0.39 is 11.9 Å². The van der Waals surface area contributed by atoms with Crippen molar-refractivity contribution in [3.8, 4) is 0 Å². The third kappa shape index (κ3) is 3.58. The van der Waals surface area contributed by atoms with Crippen LogP contribution in [0.15, 0.2) is 22.8 Å². The Labute approximate surface area is 136 Å². The summed E-state index contributed by atoms with van der Waals surface area (Å²) in [5.41, 5.74) is 0. The van der Waals surface area contributed by atoms with Crippen LogP contribution in [0, 0.1) is 5.92 Å². The van der Waals surface area contributed by atoms with Crippen LogP contribution in [0.2, 0.25) is 0 Å². The molecule has 6 heteroatoms. The molecule has 0 unspecified atom stereocenters. The number of hydrogen-bond donors (Lipinski definition) is 1. The first-order valence-corrected chi connectivity index (χ1v) is 8.33. The molecule has 1 amide bonds. The first-order chi connectivity index (χ1) is 11.2. The van der Waals surface area contributed by atoms with Gasteiger partial charge in [-0.15, -0.1) is 0 Å². The standard InChI is InChI=1S/C17H24N2O4/c1-22-17(21)13(11-12-5-4-10-23-12)16(20)18-14-7-9-19-8-3-2-6-15(14)19/h4-5,10,13-15H,2-3,6-9,11H2,1H3,(H,18,20)/t13-,14-,15+/m1/s1. The van der Waals surface area contributed by atoms with Crippen molar-refractivity contribution in [1.82, 2.24) is 10.2 Å². The molecule has 126 valence electrons. The quantitative estimate of drug-likeness (QED) is 0.655. The van der Waals surface area contributed by atoms with Gasteiger partial charge in [0.25, 0.3) is 0 Å². The number of piperidine rings is 1. The Balaban J connectivity index is 1.64. The van der Waals surface area contributed by atoms with Crippen molar-refractivity contribution < 1.29 is 18.7 Å². The van der Waals surface area contributed by atoms with Gasteiger partial charge in [0.15, 0.2) is 0 Å². The lowest BCUT2D eigenvalue weighted by atomic mass is 9.97. The maximum absolute atomic E-state index is 12.6. The number of ether oxygens (including phenoxy) is 1. The smallest absolute Gasteiger partial charge is 0.318 e. The monoisotopic (exact) mass is 320 g/mol. The number of hydrogen-bond acceptors (Lipinski definition) is 5. The van der Waals surface area contributed by atoms with Gasteiger partial charge in [0, 0.05) is 25.0 Å². The Morgan fingerprint density at radius 2 is 2.26 bits per heavy atom. The highest BCUT2D eigenvalue weighted by Crippen LogP contribution is 2.27. The third-order valence-electron chi connectivity index (χ3n) is 4.97. The van der Waals surface area contributed by atoms with Crippen LogP contribution >= 0.6 is 0 Å². The molecule has 3 rings (SSSR count). The van der Waals surface area contributed by atoms with E-state index in [0.717, 1.165) is 25.9 Å². The van der Waals surface area contributed by atoms with Gasteiger partial charge in [-0.3, -0.25) is 14.5 Å². The highest BCUT2D eigenvalue weighted by atomic mass is 16.5. The average Bonchev–Trinajstić information content (AvgIpc) is 3.22. The lowest BCUT2D eigenvalue weighted by Gasteiger charge is -2.32. The van der Waals surface area contributed by atoms with Crippen LogP contribution in [0.5, 0.6) is 0 Å². The predicted molar refractivity (Wildman–Crippen MR) is 83.7 cm³/mol. The highest BCUT2D eigenvalue weighted by Gasteiger charge is 2.38. The van der Waals surface area contributed by atoms with E-state index in [0.29, 0.717) is 11.8 Å². The van der Waals surface area contributed by atoms with E-state index in [2.05, 4.69) is 10.2 Å². The second-order valence-corrected chi connectivity index (χ2v) is 6.36. The summed E-state index contributed by atoms with van der Waals surface area (Å²) < 4.78 is 10.1. The maximum Gasteiger partial charge on any atom is 0.318 e. The van der Waals surface area contributed by atoms with E-state index in [1.165, 1.54) is 20.0 Å². The van der Waals surface area contributed by atoms with Crippen molar-refractivity contribution in [2.24, 2.45) is 5.92 Å². The normalized spacial score (nSPS) is 25.6. The minimum absolute atomic E-state index is 0.131. The lowest BCUT2D eigenvalue weighted by Crippen LogP contribution is -2.49. The minimum Gasteiger partial charge on any atom is -0.469 e. The van der Waals surface area contributed by atoms with Gasteiger partial charge in [-0.25, -0.2) is 0 Å². The second-order valence-electron chi connectivity index (χ2n) is 6.36. The molecule has 2 fully saturated rings. The number of nitrogens with zero attached hydrogens (tertiary/aromatic N) is 1. The lowest BCUT2D eigenvalue weighted by molar-refractivity contribution is -0.150. The average molecular weight is 320 g/mol. The molecule has 6 nitrogen and oxygen atoms in total. The largest absolute Gasteiger partial charge is 0.469 e. The Kier molecular flexibility index (Phi) is 5.00. The molecule has 3 atom stereocenters. The molecule has 0 aliphatic carbocycles. The molecule has 0 aromatic carbocycles. The number of methoxy groups -OCH3 is 1. The number of amides is 1. The molecule has 0 radical (unpaired) electrons. The fraction of sp³-hybridized carbons (Fsp3) is 0.647. The molecule has 0 spiro atoms. The predicted octanol–water partition coefficient (Wildman–Crippen LogP) is 1.35. The van der Waals surface area contributed by atoms with Crippen LogP contribution in [0.4, 0.5) is 0 Å². The number of rotatable bonds is 5. The van der Waals surface area contributed by atoms with Gasteiger partial charge in [0.1, 0.15) is 11.7 Å². The van der Waals surface area contributed by atoms with Crippen LogP contribution < -0.4 is 5.32 Å². The van der Waals surface area contributed by atoms with Crippen molar-refractivity contribution in [2.75, 3.05) is 20.2 Å². The fourth-order valence-corrected chi connectivity index (χ4v) is 3.75. The summed E-state index contributed by atoms with van der Waals surface area (Å²) >= 11 is 0. The molecule has 23 heavy (non-hydrogen) atoms. The van der Waals surface area contributed by atoms with Crippen molar-refractivity contribution in [3.05, 3.63) is 24.2 Å². The maximum atomic E-state index is 12.6. The molecule has 0 bridgehead atoms. The van der Waals surface area contributed by atoms with Crippen molar-refractivity contribution in [2.45, 2.75) is 44.2 Å². The van der Waals surface area contributed by atoms with Gasteiger partial charge in [-0.1, -0.05) is 6.42 Å². The summed E-state index contributed by atoms with van der Waals surface area (Å²) in [5.74, 6) is -1.02. The molecule has 0 saturated carbocycles. The summed E-state index contributed by atoms with van der Waals surface area (Å²) in [6.07, 6.45) is 6.28. The molecule has 1 aromatic rings. The first kappa shape index (κ1) is 16.1. The van der Waals surface area contributed by atoms with Gasteiger partial charge in [-0.2, -0.15) is 0 Å². The summed E-state index contributed by atoms with van der Waals surface area (Å²) in [5, 5.41) is 3.08.